The van der Waals surface area contributed by atoms with Crippen LogP contribution in [0.15, 0.2) is 102 Å². The molecule has 32 heavy (non-hydrogen) atoms. The molecule has 0 N–H and O–H groups in total. The van der Waals surface area contributed by atoms with Crippen molar-refractivity contribution in [1.82, 2.24) is 0 Å². The molecule has 2 heteroatoms. The zero-order valence-electron chi connectivity index (χ0n) is 19.3. The van der Waals surface area contributed by atoms with Gasteiger partial charge in [-0.1, -0.05) is 103 Å². The van der Waals surface area contributed by atoms with E-state index < -0.39 is 7.92 Å². The van der Waals surface area contributed by atoms with Gasteiger partial charge in [0.1, 0.15) is 0 Å². The summed E-state index contributed by atoms with van der Waals surface area (Å²) in [7, 11) is -0.660. The Bertz CT molecular complexity index is 1150. The maximum atomic E-state index is 5.03. The monoisotopic (exact) mass is 435 g/mol. The molecule has 0 heterocycles. The topological polar surface area (TPSA) is 12.4 Å². The van der Waals surface area contributed by atoms with E-state index in [2.05, 4.69) is 131 Å². The molecule has 0 fully saturated rings. The van der Waals surface area contributed by atoms with Crippen LogP contribution in [0, 0.1) is 20.8 Å². The van der Waals surface area contributed by atoms with Crippen LogP contribution >= 0.6 is 7.92 Å². The van der Waals surface area contributed by atoms with Crippen LogP contribution in [0.25, 0.3) is 0 Å². The van der Waals surface area contributed by atoms with Crippen molar-refractivity contribution in [3.8, 4) is 0 Å². The second-order valence-electron chi connectivity index (χ2n) is 8.33. The van der Waals surface area contributed by atoms with Gasteiger partial charge in [-0.05, 0) is 68.2 Å². The Hall–Kier alpha value is -3.02. The van der Waals surface area contributed by atoms with Crippen molar-refractivity contribution in [3.63, 3.8) is 0 Å². The third-order valence-corrected chi connectivity index (χ3v) is 8.32. The van der Waals surface area contributed by atoms with Crippen LogP contribution < -0.4 is 15.9 Å². The SMILES string of the molecule is Cc1cc(C)c([C@@H](C)N=Cc2ccccc2P(c2ccccc2)c2ccccc2)c(C)c1. The molecular weight excluding hydrogens is 405 g/mol. The first-order chi connectivity index (χ1) is 15.5. The van der Waals surface area contributed by atoms with Gasteiger partial charge in [-0.25, -0.2) is 0 Å². The van der Waals surface area contributed by atoms with Crippen LogP contribution in [0.5, 0.6) is 0 Å². The van der Waals surface area contributed by atoms with Gasteiger partial charge in [0.15, 0.2) is 0 Å². The largest absolute Gasteiger partial charge is 0.285 e. The van der Waals surface area contributed by atoms with Crippen molar-refractivity contribution in [2.45, 2.75) is 33.7 Å². The number of hydrogen-bond acceptors (Lipinski definition) is 1. The second kappa shape index (κ2) is 10.1. The molecule has 160 valence electrons. The number of aliphatic imine (C=N–C) groups is 1. The van der Waals surface area contributed by atoms with E-state index in [0.29, 0.717) is 0 Å². The second-order valence-corrected chi connectivity index (χ2v) is 10.5. The predicted molar refractivity (Wildman–Crippen MR) is 142 cm³/mol. The summed E-state index contributed by atoms with van der Waals surface area (Å²) >= 11 is 0. The van der Waals surface area contributed by atoms with Crippen LogP contribution in [-0.4, -0.2) is 6.21 Å². The van der Waals surface area contributed by atoms with Crippen molar-refractivity contribution in [2.75, 3.05) is 0 Å². The van der Waals surface area contributed by atoms with Crippen molar-refractivity contribution < 1.29 is 0 Å². The molecule has 0 aliphatic rings. The highest BCUT2D eigenvalue weighted by molar-refractivity contribution is 7.80. The van der Waals surface area contributed by atoms with Crippen LogP contribution in [-0.2, 0) is 0 Å². The first kappa shape index (κ1) is 22.2. The Morgan fingerprint density at radius 2 is 1.19 bits per heavy atom. The van der Waals surface area contributed by atoms with E-state index in [1.165, 1.54) is 43.7 Å². The van der Waals surface area contributed by atoms with Crippen LogP contribution in [0.2, 0.25) is 0 Å². The van der Waals surface area contributed by atoms with Gasteiger partial charge in [-0.2, -0.15) is 0 Å². The first-order valence-corrected chi connectivity index (χ1v) is 12.5. The Kier molecular flexibility index (Phi) is 6.98. The van der Waals surface area contributed by atoms with Crippen LogP contribution in [0.1, 0.15) is 40.8 Å². The van der Waals surface area contributed by atoms with Crippen molar-refractivity contribution in [2.24, 2.45) is 4.99 Å². The highest BCUT2D eigenvalue weighted by Gasteiger charge is 2.19. The van der Waals surface area contributed by atoms with E-state index in [-0.39, 0.29) is 6.04 Å². The van der Waals surface area contributed by atoms with E-state index in [4.69, 9.17) is 4.99 Å². The fourth-order valence-electron chi connectivity index (χ4n) is 4.50. The minimum atomic E-state index is -0.660. The molecule has 0 saturated carbocycles. The fourth-order valence-corrected chi connectivity index (χ4v) is 6.92. The van der Waals surface area contributed by atoms with Gasteiger partial charge in [0.25, 0.3) is 0 Å². The minimum absolute atomic E-state index is 0.114. The Balaban J connectivity index is 1.75. The standard InChI is InChI=1S/C30H30NP/c1-22-19-23(2)30(24(3)20-22)25(4)31-21-26-13-11-12-18-29(26)32(27-14-7-5-8-15-27)28-16-9-6-10-17-28/h5-21,25H,1-4H3/t25-/m1/s1. The zero-order valence-corrected chi connectivity index (χ0v) is 20.2. The van der Waals surface area contributed by atoms with Crippen LogP contribution in [0.4, 0.5) is 0 Å². The van der Waals surface area contributed by atoms with Gasteiger partial charge < -0.3 is 0 Å². The first-order valence-electron chi connectivity index (χ1n) is 11.1. The molecule has 0 aromatic heterocycles. The summed E-state index contributed by atoms with van der Waals surface area (Å²) in [5.74, 6) is 0. The molecule has 0 spiro atoms. The molecule has 0 radical (unpaired) electrons. The van der Waals surface area contributed by atoms with Crippen molar-refractivity contribution in [1.29, 1.82) is 0 Å². The molecule has 0 amide bonds. The van der Waals surface area contributed by atoms with Crippen molar-refractivity contribution >= 4 is 30.0 Å². The lowest BCUT2D eigenvalue weighted by Gasteiger charge is -2.21. The quantitative estimate of drug-likeness (QED) is 0.241. The van der Waals surface area contributed by atoms with E-state index in [9.17, 15) is 0 Å². The molecule has 1 nitrogen and oxygen atoms in total. The summed E-state index contributed by atoms with van der Waals surface area (Å²) in [5, 5.41) is 4.05. The fraction of sp³-hybridized carbons (Fsp3) is 0.167. The minimum Gasteiger partial charge on any atom is -0.285 e. The lowest BCUT2D eigenvalue weighted by atomic mass is 9.95. The molecule has 0 unspecified atom stereocenters. The highest BCUT2D eigenvalue weighted by atomic mass is 31.1. The average Bonchev–Trinajstić information content (AvgIpc) is 2.79. The number of benzene rings is 4. The maximum absolute atomic E-state index is 5.03. The Morgan fingerprint density at radius 1 is 0.688 bits per heavy atom. The lowest BCUT2D eigenvalue weighted by Crippen LogP contribution is -2.23. The number of aryl methyl sites for hydroxylation is 3. The van der Waals surface area contributed by atoms with Crippen molar-refractivity contribution in [3.05, 3.63) is 125 Å². The lowest BCUT2D eigenvalue weighted by molar-refractivity contribution is 0.807. The third-order valence-electron chi connectivity index (χ3n) is 5.80. The molecule has 0 saturated heterocycles. The summed E-state index contributed by atoms with van der Waals surface area (Å²) in [4.78, 5) is 5.03. The summed E-state index contributed by atoms with van der Waals surface area (Å²) < 4.78 is 0. The summed E-state index contributed by atoms with van der Waals surface area (Å²) in [6.07, 6.45) is 2.08. The number of hydrogen-bond donors (Lipinski definition) is 0. The van der Waals surface area contributed by atoms with Crippen LogP contribution in [0.3, 0.4) is 0 Å². The van der Waals surface area contributed by atoms with E-state index in [0.717, 1.165) is 0 Å². The van der Waals surface area contributed by atoms with Gasteiger partial charge in [-0.15, -0.1) is 0 Å². The molecule has 0 bridgehead atoms. The normalized spacial score (nSPS) is 12.4. The van der Waals surface area contributed by atoms with Gasteiger partial charge in [0.2, 0.25) is 0 Å². The molecule has 1 atom stereocenters. The predicted octanol–water partition coefficient (Wildman–Crippen LogP) is 6.55. The highest BCUT2D eigenvalue weighted by Crippen LogP contribution is 2.34. The smallest absolute Gasteiger partial charge is 0.0726 e. The van der Waals surface area contributed by atoms with Gasteiger partial charge in [0, 0.05) is 11.8 Å². The molecule has 4 aromatic carbocycles. The summed E-state index contributed by atoms with van der Waals surface area (Å²) in [6, 6.07) is 35.0. The molecule has 4 aromatic rings. The maximum Gasteiger partial charge on any atom is 0.0726 e. The third kappa shape index (κ3) is 4.90. The summed E-state index contributed by atoms with van der Waals surface area (Å²) in [5.41, 5.74) is 6.47. The van der Waals surface area contributed by atoms with Gasteiger partial charge in [-0.3, -0.25) is 4.99 Å². The molecule has 0 aliphatic heterocycles. The van der Waals surface area contributed by atoms with E-state index in [1.807, 2.05) is 0 Å². The Labute approximate surface area is 193 Å². The zero-order chi connectivity index (χ0) is 22.5. The van der Waals surface area contributed by atoms with E-state index >= 15 is 0 Å². The molecular formula is C30H30NP. The number of nitrogens with zero attached hydrogens (tertiary/aromatic N) is 1. The summed E-state index contributed by atoms with van der Waals surface area (Å²) in [6.45, 7) is 8.74. The van der Waals surface area contributed by atoms with Gasteiger partial charge >= 0.3 is 0 Å². The Morgan fingerprint density at radius 3 is 1.75 bits per heavy atom. The molecule has 4 rings (SSSR count). The number of rotatable bonds is 6. The van der Waals surface area contributed by atoms with Gasteiger partial charge in [0.05, 0.1) is 6.04 Å². The van der Waals surface area contributed by atoms with E-state index in [1.54, 1.807) is 0 Å². The molecule has 0 aliphatic carbocycles. The average molecular weight is 436 g/mol.